The first kappa shape index (κ1) is 14.1. The van der Waals surface area contributed by atoms with Gasteiger partial charge in [-0.25, -0.2) is 0 Å². The van der Waals surface area contributed by atoms with Crippen molar-refractivity contribution in [1.29, 1.82) is 0 Å². The van der Waals surface area contributed by atoms with Crippen molar-refractivity contribution in [3.05, 3.63) is 33.8 Å². The Morgan fingerprint density at radius 1 is 1.47 bits per heavy atom. The van der Waals surface area contributed by atoms with Gasteiger partial charge < -0.3 is 10.0 Å². The van der Waals surface area contributed by atoms with E-state index in [1.54, 1.807) is 4.90 Å². The summed E-state index contributed by atoms with van der Waals surface area (Å²) in [5.74, 6) is -0.746. The standard InChI is InChI=1S/C14H16BrNO3/c1-9-2-3-12(15)11(6-9)14(19)16-5-4-10(8-16)7-13(17)18/h2-3,6,10H,4-5,7-8H2,1H3,(H,17,18). The van der Waals surface area contributed by atoms with Gasteiger partial charge in [0.15, 0.2) is 0 Å². The second-order valence-electron chi connectivity index (χ2n) is 4.99. The van der Waals surface area contributed by atoms with Crippen molar-refractivity contribution in [2.45, 2.75) is 19.8 Å². The van der Waals surface area contributed by atoms with Crippen LogP contribution in [0.2, 0.25) is 0 Å². The SMILES string of the molecule is Cc1ccc(Br)c(C(=O)N2CCC(CC(=O)O)C2)c1. The van der Waals surface area contributed by atoms with Crippen LogP contribution in [0, 0.1) is 12.8 Å². The first-order chi connectivity index (χ1) is 8.97. The van der Waals surface area contributed by atoms with E-state index in [2.05, 4.69) is 15.9 Å². The molecule has 0 aromatic heterocycles. The number of carboxylic acids is 1. The molecule has 1 atom stereocenters. The summed E-state index contributed by atoms with van der Waals surface area (Å²) in [4.78, 5) is 24.8. The van der Waals surface area contributed by atoms with Crippen molar-refractivity contribution in [3.63, 3.8) is 0 Å². The molecule has 1 unspecified atom stereocenters. The number of rotatable bonds is 3. The van der Waals surface area contributed by atoms with E-state index < -0.39 is 5.97 Å². The number of halogens is 1. The molecular formula is C14H16BrNO3. The van der Waals surface area contributed by atoms with Crippen molar-refractivity contribution < 1.29 is 14.7 Å². The van der Waals surface area contributed by atoms with Crippen LogP contribution in [-0.4, -0.2) is 35.0 Å². The summed E-state index contributed by atoms with van der Waals surface area (Å²) in [6.45, 7) is 3.11. The first-order valence-corrected chi connectivity index (χ1v) is 7.04. The van der Waals surface area contributed by atoms with Crippen LogP contribution in [0.15, 0.2) is 22.7 Å². The van der Waals surface area contributed by atoms with Gasteiger partial charge in [0.2, 0.25) is 0 Å². The Bertz CT molecular complexity index is 515. The predicted molar refractivity (Wildman–Crippen MR) is 75.1 cm³/mol. The molecule has 0 aliphatic carbocycles. The van der Waals surface area contributed by atoms with Gasteiger partial charge in [-0.15, -0.1) is 0 Å². The molecule has 0 saturated carbocycles. The fourth-order valence-corrected chi connectivity index (χ4v) is 2.82. The fraction of sp³-hybridized carbons (Fsp3) is 0.429. The average molecular weight is 326 g/mol. The van der Waals surface area contributed by atoms with Gasteiger partial charge in [-0.1, -0.05) is 11.6 Å². The zero-order chi connectivity index (χ0) is 14.0. The van der Waals surface area contributed by atoms with E-state index in [0.29, 0.717) is 18.7 Å². The highest BCUT2D eigenvalue weighted by atomic mass is 79.9. The predicted octanol–water partition coefficient (Wildman–Crippen LogP) is 2.69. The monoisotopic (exact) mass is 325 g/mol. The molecule has 1 aromatic carbocycles. The normalized spacial score (nSPS) is 18.6. The molecule has 0 radical (unpaired) electrons. The van der Waals surface area contributed by atoms with Crippen molar-refractivity contribution in [2.24, 2.45) is 5.92 Å². The molecule has 1 aromatic rings. The lowest BCUT2D eigenvalue weighted by atomic mass is 10.1. The number of aliphatic carboxylic acids is 1. The summed E-state index contributed by atoms with van der Waals surface area (Å²) in [6.07, 6.45) is 0.903. The van der Waals surface area contributed by atoms with Gasteiger partial charge in [0.05, 0.1) is 5.56 Å². The van der Waals surface area contributed by atoms with Crippen LogP contribution in [0.25, 0.3) is 0 Å². The Kier molecular flexibility index (Phi) is 4.24. The molecule has 1 N–H and O–H groups in total. The number of benzene rings is 1. The molecule has 1 aliphatic rings. The van der Waals surface area contributed by atoms with Crippen molar-refractivity contribution in [2.75, 3.05) is 13.1 Å². The molecule has 1 amide bonds. The lowest BCUT2D eigenvalue weighted by Crippen LogP contribution is -2.29. The molecule has 1 saturated heterocycles. The van der Waals surface area contributed by atoms with Gasteiger partial charge in [0, 0.05) is 24.0 Å². The van der Waals surface area contributed by atoms with Gasteiger partial charge >= 0.3 is 5.97 Å². The molecule has 2 rings (SSSR count). The minimum atomic E-state index is -0.795. The molecule has 0 spiro atoms. The maximum absolute atomic E-state index is 12.4. The smallest absolute Gasteiger partial charge is 0.303 e. The second-order valence-corrected chi connectivity index (χ2v) is 5.84. The summed E-state index contributed by atoms with van der Waals surface area (Å²) in [5, 5.41) is 8.79. The second kappa shape index (κ2) is 5.74. The number of hydrogen-bond donors (Lipinski definition) is 1. The number of aryl methyl sites for hydroxylation is 1. The summed E-state index contributed by atoms with van der Waals surface area (Å²) >= 11 is 3.39. The van der Waals surface area contributed by atoms with E-state index in [1.165, 1.54) is 0 Å². The summed E-state index contributed by atoms with van der Waals surface area (Å²) < 4.78 is 0.782. The number of carbonyl (C=O) groups excluding carboxylic acids is 1. The van der Waals surface area contributed by atoms with Crippen LogP contribution < -0.4 is 0 Å². The highest BCUT2D eigenvalue weighted by Gasteiger charge is 2.29. The lowest BCUT2D eigenvalue weighted by Gasteiger charge is -2.17. The van der Waals surface area contributed by atoms with Crippen LogP contribution in [0.4, 0.5) is 0 Å². The Labute approximate surface area is 120 Å². The van der Waals surface area contributed by atoms with E-state index >= 15 is 0 Å². The summed E-state index contributed by atoms with van der Waals surface area (Å²) in [6, 6.07) is 5.67. The van der Waals surface area contributed by atoms with Crippen molar-refractivity contribution in [1.82, 2.24) is 4.90 Å². The summed E-state index contributed by atoms with van der Waals surface area (Å²) in [7, 11) is 0. The molecule has 0 bridgehead atoms. The van der Waals surface area contributed by atoms with E-state index in [-0.39, 0.29) is 18.2 Å². The third-order valence-electron chi connectivity index (χ3n) is 3.39. The Balaban J connectivity index is 2.09. The minimum absolute atomic E-state index is 0.0246. The third-order valence-corrected chi connectivity index (χ3v) is 4.08. The summed E-state index contributed by atoms with van der Waals surface area (Å²) in [5.41, 5.74) is 1.68. The highest BCUT2D eigenvalue weighted by molar-refractivity contribution is 9.10. The van der Waals surface area contributed by atoms with Crippen molar-refractivity contribution >= 4 is 27.8 Å². The number of carboxylic acid groups (broad SMARTS) is 1. The largest absolute Gasteiger partial charge is 0.481 e. The van der Waals surface area contributed by atoms with Crippen LogP contribution in [-0.2, 0) is 4.79 Å². The van der Waals surface area contributed by atoms with Gasteiger partial charge in [-0.05, 0) is 47.3 Å². The van der Waals surface area contributed by atoms with Crippen LogP contribution in [0.1, 0.15) is 28.8 Å². The quantitative estimate of drug-likeness (QED) is 0.929. The molecule has 1 heterocycles. The maximum atomic E-state index is 12.4. The molecular weight excluding hydrogens is 310 g/mol. The highest BCUT2D eigenvalue weighted by Crippen LogP contribution is 2.25. The first-order valence-electron chi connectivity index (χ1n) is 6.24. The van der Waals surface area contributed by atoms with Crippen LogP contribution in [0.3, 0.4) is 0 Å². The Morgan fingerprint density at radius 2 is 2.21 bits per heavy atom. The van der Waals surface area contributed by atoms with E-state index in [9.17, 15) is 9.59 Å². The molecule has 4 nitrogen and oxygen atoms in total. The third kappa shape index (κ3) is 3.35. The number of carbonyl (C=O) groups is 2. The van der Waals surface area contributed by atoms with Gasteiger partial charge in [0.25, 0.3) is 5.91 Å². The average Bonchev–Trinajstić information content (AvgIpc) is 2.79. The van der Waals surface area contributed by atoms with Gasteiger partial charge in [0.1, 0.15) is 0 Å². The lowest BCUT2D eigenvalue weighted by molar-refractivity contribution is -0.138. The Hall–Kier alpha value is -1.36. The Morgan fingerprint density at radius 3 is 2.89 bits per heavy atom. The van der Waals surface area contributed by atoms with E-state index in [4.69, 9.17) is 5.11 Å². The zero-order valence-electron chi connectivity index (χ0n) is 10.7. The molecule has 102 valence electrons. The fourth-order valence-electron chi connectivity index (χ4n) is 2.40. The zero-order valence-corrected chi connectivity index (χ0v) is 12.3. The van der Waals surface area contributed by atoms with E-state index in [0.717, 1.165) is 16.5 Å². The van der Waals surface area contributed by atoms with E-state index in [1.807, 2.05) is 25.1 Å². The maximum Gasteiger partial charge on any atom is 0.303 e. The number of likely N-dealkylation sites (tertiary alicyclic amines) is 1. The number of hydrogen-bond acceptors (Lipinski definition) is 2. The minimum Gasteiger partial charge on any atom is -0.481 e. The molecule has 1 fully saturated rings. The van der Waals surface area contributed by atoms with Crippen molar-refractivity contribution in [3.8, 4) is 0 Å². The molecule has 1 aliphatic heterocycles. The number of nitrogens with zero attached hydrogens (tertiary/aromatic N) is 1. The number of amides is 1. The van der Waals surface area contributed by atoms with Gasteiger partial charge in [-0.3, -0.25) is 9.59 Å². The molecule has 5 heteroatoms. The van der Waals surface area contributed by atoms with Crippen LogP contribution >= 0.6 is 15.9 Å². The van der Waals surface area contributed by atoms with Gasteiger partial charge in [-0.2, -0.15) is 0 Å². The molecule has 19 heavy (non-hydrogen) atoms. The topological polar surface area (TPSA) is 57.6 Å². The van der Waals surface area contributed by atoms with Crippen LogP contribution in [0.5, 0.6) is 0 Å².